The lowest BCUT2D eigenvalue weighted by Gasteiger charge is -2.31. The van der Waals surface area contributed by atoms with Gasteiger partial charge in [-0.25, -0.2) is 0 Å². The van der Waals surface area contributed by atoms with Gasteiger partial charge in [-0.2, -0.15) is 0 Å². The Bertz CT molecular complexity index is 333. The van der Waals surface area contributed by atoms with Crippen molar-refractivity contribution in [3.63, 3.8) is 0 Å². The summed E-state index contributed by atoms with van der Waals surface area (Å²) < 4.78 is 9.89. The van der Waals surface area contributed by atoms with E-state index in [4.69, 9.17) is 17.0 Å². The first-order valence-electron chi connectivity index (χ1n) is 11.4. The van der Waals surface area contributed by atoms with Gasteiger partial charge in [-0.05, 0) is 85.3 Å². The lowest BCUT2D eigenvalue weighted by molar-refractivity contribution is 0.198. The number of hydrogen-bond acceptors (Lipinski definition) is 2. The van der Waals surface area contributed by atoms with Crippen LogP contribution in [0.5, 0.6) is 0 Å². The van der Waals surface area contributed by atoms with Crippen molar-refractivity contribution in [2.45, 2.75) is 129 Å². The molecule has 5 radical (unpaired) electrons. The molecule has 2 aliphatic heterocycles. The summed E-state index contributed by atoms with van der Waals surface area (Å²) in [6.45, 7) is 31.2. The van der Waals surface area contributed by atoms with Crippen molar-refractivity contribution in [3.8, 4) is 0 Å². The van der Waals surface area contributed by atoms with Gasteiger partial charge in [-0.3, -0.25) is 0 Å². The Morgan fingerprint density at radius 3 is 0.833 bits per heavy atom. The maximum Gasteiger partial charge on any atom is 0.363 e. The van der Waals surface area contributed by atoms with E-state index in [1.807, 2.05) is 0 Å². The van der Waals surface area contributed by atoms with Crippen LogP contribution in [0.1, 0.15) is 109 Å². The molecule has 2 aliphatic rings. The fourth-order valence-corrected chi connectivity index (χ4v) is 7.77. The third-order valence-corrected chi connectivity index (χ3v) is 8.75. The van der Waals surface area contributed by atoms with Gasteiger partial charge in [0.25, 0.3) is 0 Å². The van der Waals surface area contributed by atoms with E-state index >= 15 is 0 Å². The zero-order valence-electron chi connectivity index (χ0n) is 22.6. The lowest BCUT2D eigenvalue weighted by Crippen LogP contribution is -2.24. The number of ether oxygens (including phenoxy) is 2. The van der Waals surface area contributed by atoms with Gasteiger partial charge in [0.15, 0.2) is 0 Å². The van der Waals surface area contributed by atoms with E-state index in [1.165, 1.54) is 25.7 Å². The lowest BCUT2D eigenvalue weighted by atomic mass is 10.2. The summed E-state index contributed by atoms with van der Waals surface area (Å²) in [5.74, 6) is 0. The molecule has 0 amide bonds. The highest BCUT2D eigenvalue weighted by atomic mass is 31.1. The van der Waals surface area contributed by atoms with Gasteiger partial charge in [0.1, 0.15) is 0 Å². The molecule has 2 rings (SSSR count). The molecule has 2 nitrogen and oxygen atoms in total. The van der Waals surface area contributed by atoms with Crippen molar-refractivity contribution >= 4 is 32.4 Å². The van der Waals surface area contributed by atoms with Crippen LogP contribution in [0.2, 0.25) is 0 Å². The van der Waals surface area contributed by atoms with Crippen molar-refractivity contribution in [2.75, 3.05) is 26.4 Å². The van der Waals surface area contributed by atoms with Crippen LogP contribution in [0.4, 0.5) is 0 Å². The molecule has 6 heteroatoms. The zero-order chi connectivity index (χ0) is 23.4. The SMILES string of the molecule is C1CCOC1.C1CCOC1.CC(C)(C)PC(C)(C)C.[B].[B][PH+](C(C)(C)C)C(C)(C)C. The quantitative estimate of drug-likeness (QED) is 0.279. The third-order valence-electron chi connectivity index (χ3n) is 4.02. The van der Waals surface area contributed by atoms with Crippen molar-refractivity contribution in [1.29, 1.82) is 0 Å². The average molecular weight is 458 g/mol. The van der Waals surface area contributed by atoms with E-state index in [1.54, 1.807) is 0 Å². The largest absolute Gasteiger partial charge is 0.381 e. The number of rotatable bonds is 0. The van der Waals surface area contributed by atoms with Crippen molar-refractivity contribution in [3.05, 3.63) is 0 Å². The molecule has 0 unspecified atom stereocenters. The molecular formula is C24H54B2O2P2+. The zero-order valence-corrected chi connectivity index (χ0v) is 24.6. The molecule has 0 aromatic heterocycles. The summed E-state index contributed by atoms with van der Waals surface area (Å²) in [7, 11) is 6.46. The summed E-state index contributed by atoms with van der Waals surface area (Å²) in [5.41, 5.74) is 0. The van der Waals surface area contributed by atoms with Gasteiger partial charge >= 0.3 is 7.57 Å². The highest BCUT2D eigenvalue weighted by Crippen LogP contribution is 2.55. The first-order chi connectivity index (χ1) is 12.9. The predicted molar refractivity (Wildman–Crippen MR) is 147 cm³/mol. The van der Waals surface area contributed by atoms with E-state index < -0.39 is 7.80 Å². The van der Waals surface area contributed by atoms with Crippen molar-refractivity contribution in [1.82, 2.24) is 0 Å². The van der Waals surface area contributed by atoms with E-state index in [0.29, 0.717) is 20.6 Å². The maximum atomic E-state index is 6.13. The molecule has 0 atom stereocenters. The molecule has 0 saturated carbocycles. The predicted octanol–water partition coefficient (Wildman–Crippen LogP) is 7.36. The van der Waals surface area contributed by atoms with Crippen molar-refractivity contribution < 1.29 is 9.47 Å². The molecule has 0 N–H and O–H groups in total. The second-order valence-electron chi connectivity index (χ2n) is 12.2. The van der Waals surface area contributed by atoms with Crippen LogP contribution >= 0.6 is 16.4 Å². The molecule has 30 heavy (non-hydrogen) atoms. The van der Waals surface area contributed by atoms with E-state index in [0.717, 1.165) is 35.0 Å². The van der Waals surface area contributed by atoms with E-state index in [-0.39, 0.29) is 8.41 Å². The topological polar surface area (TPSA) is 18.5 Å². The van der Waals surface area contributed by atoms with Gasteiger partial charge in [0.05, 0.1) is 10.3 Å². The average Bonchev–Trinajstić information content (AvgIpc) is 3.20. The summed E-state index contributed by atoms with van der Waals surface area (Å²) >= 11 is 0. The summed E-state index contributed by atoms with van der Waals surface area (Å²) in [6.07, 6.45) is 5.11. The van der Waals surface area contributed by atoms with Crippen LogP contribution in [0.3, 0.4) is 0 Å². The maximum absolute atomic E-state index is 6.13. The second kappa shape index (κ2) is 16.5. The Balaban J connectivity index is -0.000000332. The standard InChI is InChI=1S/C8H19BP.C8H19P.2C4H8O.B/c1-7(2,3)10(9)8(4,5)6;1-7(2,3)9-8(4,5)6;2*1-2-4-5-3-1;/h10H,1-6H3;9H,1-6H3;2*1-4H2;/q+1;;;;. The molecular weight excluding hydrogens is 404 g/mol. The monoisotopic (exact) mass is 458 g/mol. The fraction of sp³-hybridized carbons (Fsp3) is 1.00. The molecule has 0 aromatic rings. The van der Waals surface area contributed by atoms with Gasteiger partial charge in [-0.15, -0.1) is 8.58 Å². The van der Waals surface area contributed by atoms with Gasteiger partial charge in [-0.1, -0.05) is 41.5 Å². The second-order valence-corrected chi connectivity index (χ2v) is 19.3. The van der Waals surface area contributed by atoms with Crippen LogP contribution in [0.15, 0.2) is 0 Å². The fourth-order valence-electron chi connectivity index (χ4n) is 3.27. The molecule has 177 valence electrons. The number of hydrogen-bond donors (Lipinski definition) is 0. The molecule has 0 aliphatic carbocycles. The van der Waals surface area contributed by atoms with Gasteiger partial charge < -0.3 is 9.47 Å². The van der Waals surface area contributed by atoms with Crippen LogP contribution in [-0.4, -0.2) is 63.0 Å². The Morgan fingerprint density at radius 1 is 0.567 bits per heavy atom. The minimum absolute atomic E-state index is 0. The third kappa shape index (κ3) is 26.9. The molecule has 0 bridgehead atoms. The highest BCUT2D eigenvalue weighted by molar-refractivity contribution is 7.84. The Labute approximate surface area is 197 Å². The van der Waals surface area contributed by atoms with Crippen LogP contribution in [0, 0.1) is 0 Å². The van der Waals surface area contributed by atoms with Crippen molar-refractivity contribution in [2.24, 2.45) is 0 Å². The Morgan fingerprint density at radius 2 is 0.800 bits per heavy atom. The Hall–Kier alpha value is 0.910. The minimum Gasteiger partial charge on any atom is -0.381 e. The summed E-state index contributed by atoms with van der Waals surface area (Å²) in [6, 6.07) is 0. The summed E-state index contributed by atoms with van der Waals surface area (Å²) in [5, 5.41) is 1.67. The normalized spacial score (nSPS) is 17.0. The molecule has 2 heterocycles. The smallest absolute Gasteiger partial charge is 0.363 e. The van der Waals surface area contributed by atoms with E-state index in [9.17, 15) is 0 Å². The van der Waals surface area contributed by atoms with Gasteiger partial charge in [0, 0.05) is 34.8 Å². The van der Waals surface area contributed by atoms with Gasteiger partial charge in [0.2, 0.25) is 0 Å². The van der Waals surface area contributed by atoms with E-state index in [2.05, 4.69) is 83.1 Å². The molecule has 2 fully saturated rings. The van der Waals surface area contributed by atoms with Crippen LogP contribution in [-0.2, 0) is 9.47 Å². The highest BCUT2D eigenvalue weighted by Gasteiger charge is 2.37. The Kier molecular flexibility index (Phi) is 19.5. The molecule has 0 aromatic carbocycles. The summed E-state index contributed by atoms with van der Waals surface area (Å²) in [4.78, 5) is 0. The van der Waals surface area contributed by atoms with Crippen LogP contribution in [0.25, 0.3) is 0 Å². The minimum atomic E-state index is -0.721. The van der Waals surface area contributed by atoms with Crippen LogP contribution < -0.4 is 0 Å². The first kappa shape index (κ1) is 35.5. The molecule has 2 saturated heterocycles. The first-order valence-corrected chi connectivity index (χ1v) is 14.0. The molecule has 0 spiro atoms.